The molecule has 0 heterocycles. The molecule has 4 saturated carbocycles. The van der Waals surface area contributed by atoms with Crippen molar-refractivity contribution in [2.45, 2.75) is 110 Å². The summed E-state index contributed by atoms with van der Waals surface area (Å²) in [5.41, 5.74) is 0.00911. The summed E-state index contributed by atoms with van der Waals surface area (Å²) < 4.78 is 11.0. The number of aliphatic hydroxyl groups excluding tert-OH is 2. The van der Waals surface area contributed by atoms with Crippen molar-refractivity contribution in [1.29, 1.82) is 0 Å². The molecule has 4 fully saturated rings. The summed E-state index contributed by atoms with van der Waals surface area (Å²) in [6.45, 7) is 9.98. The summed E-state index contributed by atoms with van der Waals surface area (Å²) in [5.74, 6) is 2.11. The molecular weight excluding hydrogens is 416 g/mol. The topological polar surface area (TPSA) is 76.0 Å². The number of methoxy groups -OCH3 is 1. The molecule has 0 spiro atoms. The highest BCUT2D eigenvalue weighted by molar-refractivity contribution is 5.69. The molecule has 0 amide bonds. The number of esters is 1. The SMILES string of the molecule is CCCOC1CC[C@@]2(C)C(C1)CC(O)C1C2C[C@H](O)[C@@]2(C)C1CC[C@@H]2C(C)CCC(=O)OC. The molecule has 0 aromatic heterocycles. The molecule has 2 N–H and O–H groups in total. The van der Waals surface area contributed by atoms with E-state index in [2.05, 4.69) is 27.7 Å². The Hall–Kier alpha value is -0.650. The van der Waals surface area contributed by atoms with E-state index in [-0.39, 0.29) is 34.9 Å². The van der Waals surface area contributed by atoms with Crippen molar-refractivity contribution in [2.75, 3.05) is 13.7 Å². The van der Waals surface area contributed by atoms with Crippen molar-refractivity contribution < 1.29 is 24.5 Å². The van der Waals surface area contributed by atoms with Crippen LogP contribution in [0.5, 0.6) is 0 Å². The number of hydrogen-bond donors (Lipinski definition) is 2. The van der Waals surface area contributed by atoms with Crippen molar-refractivity contribution in [3.63, 3.8) is 0 Å². The standard InChI is InChI=1S/C28H48O5/c1-6-13-33-19-11-12-27(3)18(14-19)15-23(29)26-21-9-8-20(17(2)7-10-25(31)32-5)28(21,4)24(30)16-22(26)27/h17-24,26,29-30H,6-16H2,1-5H3/t17?,18?,19?,20-,21?,22?,23?,24+,26?,27+,28-/m1/s1. The van der Waals surface area contributed by atoms with Crippen molar-refractivity contribution in [2.24, 2.45) is 46.3 Å². The van der Waals surface area contributed by atoms with E-state index in [0.717, 1.165) is 64.4 Å². The van der Waals surface area contributed by atoms with Gasteiger partial charge in [-0.05, 0) is 104 Å². The second kappa shape index (κ2) is 9.78. The fraction of sp³-hybridized carbons (Fsp3) is 0.964. The first kappa shape index (κ1) is 25.4. The summed E-state index contributed by atoms with van der Waals surface area (Å²) in [7, 11) is 1.45. The van der Waals surface area contributed by atoms with Crippen LogP contribution in [0.15, 0.2) is 0 Å². The van der Waals surface area contributed by atoms with E-state index >= 15 is 0 Å². The van der Waals surface area contributed by atoms with Gasteiger partial charge in [-0.1, -0.05) is 27.7 Å². The molecule has 5 nitrogen and oxygen atoms in total. The average molecular weight is 465 g/mol. The predicted octanol–water partition coefficient (Wildman–Crippen LogP) is 4.97. The molecule has 11 atom stereocenters. The van der Waals surface area contributed by atoms with E-state index in [1.807, 2.05) is 0 Å². The van der Waals surface area contributed by atoms with E-state index in [1.165, 1.54) is 7.11 Å². The third-order valence-electron chi connectivity index (χ3n) is 11.1. The Balaban J connectivity index is 1.52. The van der Waals surface area contributed by atoms with Crippen LogP contribution in [0, 0.1) is 46.3 Å². The fourth-order valence-corrected chi connectivity index (χ4v) is 9.20. The Morgan fingerprint density at radius 2 is 1.85 bits per heavy atom. The molecule has 4 rings (SSSR count). The van der Waals surface area contributed by atoms with Crippen molar-refractivity contribution >= 4 is 5.97 Å². The van der Waals surface area contributed by atoms with Crippen LogP contribution in [0.1, 0.15) is 91.9 Å². The minimum atomic E-state index is -0.339. The first-order valence-electron chi connectivity index (χ1n) is 13.7. The van der Waals surface area contributed by atoms with Crippen molar-refractivity contribution in [3.8, 4) is 0 Å². The van der Waals surface area contributed by atoms with Crippen LogP contribution in [0.2, 0.25) is 0 Å². The van der Waals surface area contributed by atoms with Crippen LogP contribution in [0.25, 0.3) is 0 Å². The highest BCUT2D eigenvalue weighted by Gasteiger charge is 2.65. The zero-order valence-electron chi connectivity index (χ0n) is 21.6. The zero-order chi connectivity index (χ0) is 24.0. The van der Waals surface area contributed by atoms with Crippen molar-refractivity contribution in [1.82, 2.24) is 0 Å². The number of aliphatic hydroxyl groups is 2. The van der Waals surface area contributed by atoms with Gasteiger partial charge in [-0.2, -0.15) is 0 Å². The lowest BCUT2D eigenvalue weighted by Gasteiger charge is -2.63. The molecule has 7 unspecified atom stereocenters. The number of fused-ring (bicyclic) bond motifs is 5. The van der Waals surface area contributed by atoms with Crippen LogP contribution in [-0.2, 0) is 14.3 Å². The molecule has 0 aromatic carbocycles. The van der Waals surface area contributed by atoms with Gasteiger partial charge in [0, 0.05) is 13.0 Å². The lowest BCUT2D eigenvalue weighted by atomic mass is 9.43. The van der Waals surface area contributed by atoms with Crippen LogP contribution < -0.4 is 0 Å². The minimum absolute atomic E-state index is 0.147. The number of hydrogen-bond acceptors (Lipinski definition) is 5. The number of ether oxygens (including phenoxy) is 2. The Morgan fingerprint density at radius 1 is 1.09 bits per heavy atom. The van der Waals surface area contributed by atoms with E-state index in [1.54, 1.807) is 0 Å². The minimum Gasteiger partial charge on any atom is -0.469 e. The van der Waals surface area contributed by atoms with Crippen molar-refractivity contribution in [3.05, 3.63) is 0 Å². The van der Waals surface area contributed by atoms with Crippen LogP contribution in [0.4, 0.5) is 0 Å². The Labute approximate surface area is 201 Å². The quantitative estimate of drug-likeness (QED) is 0.520. The molecule has 0 radical (unpaired) electrons. The molecule has 0 aliphatic heterocycles. The normalized spacial score (nSPS) is 47.8. The van der Waals surface area contributed by atoms with Gasteiger partial charge in [-0.25, -0.2) is 0 Å². The highest BCUT2D eigenvalue weighted by atomic mass is 16.5. The van der Waals surface area contributed by atoms with Crippen LogP contribution >= 0.6 is 0 Å². The molecule has 0 bridgehead atoms. The predicted molar refractivity (Wildman–Crippen MR) is 128 cm³/mol. The molecule has 190 valence electrons. The monoisotopic (exact) mass is 464 g/mol. The molecule has 4 aliphatic carbocycles. The Morgan fingerprint density at radius 3 is 2.55 bits per heavy atom. The summed E-state index contributed by atoms with van der Waals surface area (Å²) in [5, 5.41) is 23.2. The molecule has 0 saturated heterocycles. The van der Waals surface area contributed by atoms with Gasteiger partial charge in [0.1, 0.15) is 0 Å². The number of carbonyl (C=O) groups is 1. The Bertz CT molecular complexity index is 696. The van der Waals surface area contributed by atoms with E-state index < -0.39 is 0 Å². The van der Waals surface area contributed by atoms with Gasteiger partial charge in [0.15, 0.2) is 0 Å². The van der Waals surface area contributed by atoms with Gasteiger partial charge < -0.3 is 19.7 Å². The van der Waals surface area contributed by atoms with E-state index in [9.17, 15) is 15.0 Å². The average Bonchev–Trinajstić information content (AvgIpc) is 3.15. The number of rotatable bonds is 7. The lowest BCUT2D eigenvalue weighted by molar-refractivity contribution is -0.209. The van der Waals surface area contributed by atoms with Gasteiger partial charge in [-0.3, -0.25) is 4.79 Å². The third-order valence-corrected chi connectivity index (χ3v) is 11.1. The van der Waals surface area contributed by atoms with Gasteiger partial charge in [0.25, 0.3) is 0 Å². The van der Waals surface area contributed by atoms with Gasteiger partial charge >= 0.3 is 5.97 Å². The van der Waals surface area contributed by atoms with E-state index in [4.69, 9.17) is 9.47 Å². The van der Waals surface area contributed by atoms with E-state index in [0.29, 0.717) is 42.1 Å². The highest BCUT2D eigenvalue weighted by Crippen LogP contribution is 2.68. The first-order valence-corrected chi connectivity index (χ1v) is 13.7. The second-order valence-electron chi connectivity index (χ2n) is 12.5. The maximum absolute atomic E-state index is 11.7. The summed E-state index contributed by atoms with van der Waals surface area (Å²) in [6, 6.07) is 0. The van der Waals surface area contributed by atoms with Crippen LogP contribution in [-0.4, -0.2) is 48.2 Å². The number of carbonyl (C=O) groups excluding carboxylic acids is 1. The fourth-order valence-electron chi connectivity index (χ4n) is 9.20. The Kier molecular flexibility index (Phi) is 7.54. The summed E-state index contributed by atoms with van der Waals surface area (Å²) in [4.78, 5) is 11.7. The first-order chi connectivity index (χ1) is 15.7. The molecule has 0 aromatic rings. The van der Waals surface area contributed by atoms with Gasteiger partial charge in [0.05, 0.1) is 25.4 Å². The summed E-state index contributed by atoms with van der Waals surface area (Å²) >= 11 is 0. The lowest BCUT2D eigenvalue weighted by Crippen LogP contribution is -2.62. The molecule has 4 aliphatic rings. The molecule has 5 heteroatoms. The van der Waals surface area contributed by atoms with Crippen LogP contribution in [0.3, 0.4) is 0 Å². The van der Waals surface area contributed by atoms with Gasteiger partial charge in [-0.15, -0.1) is 0 Å². The zero-order valence-corrected chi connectivity index (χ0v) is 21.6. The smallest absolute Gasteiger partial charge is 0.305 e. The maximum Gasteiger partial charge on any atom is 0.305 e. The molecule has 33 heavy (non-hydrogen) atoms. The maximum atomic E-state index is 11.7. The van der Waals surface area contributed by atoms with Gasteiger partial charge in [0.2, 0.25) is 0 Å². The third kappa shape index (κ3) is 4.29. The summed E-state index contributed by atoms with van der Waals surface area (Å²) in [6.07, 6.45) is 9.20. The largest absolute Gasteiger partial charge is 0.469 e. The second-order valence-corrected chi connectivity index (χ2v) is 12.5. The molecular formula is C28H48O5.